The zero-order valence-corrected chi connectivity index (χ0v) is 12.2. The third kappa shape index (κ3) is 2.86. The Morgan fingerprint density at radius 2 is 1.96 bits per heavy atom. The van der Waals surface area contributed by atoms with Crippen molar-refractivity contribution in [3.05, 3.63) is 69.3 Å². The maximum atomic E-state index is 11.4. The number of carbonyl (C=O) groups excluding carboxylic acids is 1. The van der Waals surface area contributed by atoms with Crippen LogP contribution in [0.25, 0.3) is 0 Å². The van der Waals surface area contributed by atoms with Crippen LogP contribution in [0, 0.1) is 10.1 Å². The van der Waals surface area contributed by atoms with Crippen LogP contribution >= 0.6 is 0 Å². The molecule has 2 N–H and O–H groups in total. The molecule has 1 aliphatic rings. The Bertz CT molecular complexity index is 776. The molecule has 23 heavy (non-hydrogen) atoms. The Hall–Kier alpha value is -2.93. The van der Waals surface area contributed by atoms with E-state index in [0.717, 1.165) is 12.0 Å². The van der Waals surface area contributed by atoms with E-state index < -0.39 is 10.8 Å². The standard InChI is InChI=1S/C16H15N3O4/c20-16(17-21)12-5-6-14(15(9-12)19(22)23)18-8-7-11-3-1-2-4-13(11)10-18/h1-6,9,21H,7-8,10H2,(H,17,20). The summed E-state index contributed by atoms with van der Waals surface area (Å²) >= 11 is 0. The third-order valence-corrected chi connectivity index (χ3v) is 4.01. The average Bonchev–Trinajstić information content (AvgIpc) is 2.60. The second kappa shape index (κ2) is 6.05. The van der Waals surface area contributed by atoms with Crippen molar-refractivity contribution in [3.8, 4) is 0 Å². The number of hydrogen-bond acceptors (Lipinski definition) is 5. The predicted octanol–water partition coefficient (Wildman–Crippen LogP) is 2.28. The van der Waals surface area contributed by atoms with Crippen molar-refractivity contribution in [2.45, 2.75) is 13.0 Å². The minimum absolute atomic E-state index is 0.0420. The third-order valence-electron chi connectivity index (χ3n) is 4.01. The Kier molecular flexibility index (Phi) is 3.94. The molecule has 2 aromatic rings. The first-order chi connectivity index (χ1) is 11.1. The molecule has 2 aromatic carbocycles. The second-order valence-corrected chi connectivity index (χ2v) is 5.34. The summed E-state index contributed by atoms with van der Waals surface area (Å²) in [6.07, 6.45) is 0.812. The molecule has 0 saturated heterocycles. The minimum Gasteiger partial charge on any atom is -0.361 e. The zero-order chi connectivity index (χ0) is 16.4. The number of rotatable bonds is 3. The van der Waals surface area contributed by atoms with Gasteiger partial charge in [0.15, 0.2) is 0 Å². The molecular weight excluding hydrogens is 298 g/mol. The van der Waals surface area contributed by atoms with E-state index in [-0.39, 0.29) is 11.3 Å². The number of nitro groups is 1. The van der Waals surface area contributed by atoms with E-state index >= 15 is 0 Å². The van der Waals surface area contributed by atoms with E-state index in [0.29, 0.717) is 18.8 Å². The number of benzene rings is 2. The summed E-state index contributed by atoms with van der Waals surface area (Å²) in [4.78, 5) is 24.2. The highest BCUT2D eigenvalue weighted by atomic mass is 16.6. The fourth-order valence-corrected chi connectivity index (χ4v) is 2.84. The molecular formula is C16H15N3O4. The monoisotopic (exact) mass is 313 g/mol. The molecule has 7 heteroatoms. The summed E-state index contributed by atoms with van der Waals surface area (Å²) in [5, 5.41) is 20.0. The molecule has 1 amide bonds. The number of nitrogens with one attached hydrogen (secondary N) is 1. The lowest BCUT2D eigenvalue weighted by Gasteiger charge is -2.30. The van der Waals surface area contributed by atoms with Crippen LogP contribution in [0.4, 0.5) is 11.4 Å². The number of carbonyl (C=O) groups is 1. The van der Waals surface area contributed by atoms with Crippen LogP contribution in [-0.4, -0.2) is 22.6 Å². The summed E-state index contributed by atoms with van der Waals surface area (Å²) in [6.45, 7) is 1.26. The van der Waals surface area contributed by atoms with Crippen LogP contribution < -0.4 is 10.4 Å². The van der Waals surface area contributed by atoms with Crippen molar-refractivity contribution in [1.82, 2.24) is 5.48 Å². The number of hydrogen-bond donors (Lipinski definition) is 2. The molecule has 3 rings (SSSR count). The number of hydroxylamine groups is 1. The van der Waals surface area contributed by atoms with Gasteiger partial charge in [0.1, 0.15) is 5.69 Å². The molecule has 1 aliphatic heterocycles. The lowest BCUT2D eigenvalue weighted by Crippen LogP contribution is -2.31. The van der Waals surface area contributed by atoms with Gasteiger partial charge in [0.05, 0.1) is 4.92 Å². The molecule has 0 radical (unpaired) electrons. The lowest BCUT2D eigenvalue weighted by atomic mass is 9.99. The van der Waals surface area contributed by atoms with E-state index in [2.05, 4.69) is 6.07 Å². The highest BCUT2D eigenvalue weighted by Crippen LogP contribution is 2.32. The summed E-state index contributed by atoms with van der Waals surface area (Å²) in [7, 11) is 0. The van der Waals surface area contributed by atoms with Crippen molar-refractivity contribution in [3.63, 3.8) is 0 Å². The molecule has 0 unspecified atom stereocenters. The van der Waals surface area contributed by atoms with Gasteiger partial charge in [-0.2, -0.15) is 0 Å². The van der Waals surface area contributed by atoms with Crippen LogP contribution in [0.15, 0.2) is 42.5 Å². The van der Waals surface area contributed by atoms with Gasteiger partial charge in [-0.25, -0.2) is 5.48 Å². The quantitative estimate of drug-likeness (QED) is 0.515. The topological polar surface area (TPSA) is 95.7 Å². The van der Waals surface area contributed by atoms with Crippen LogP contribution in [0.2, 0.25) is 0 Å². The maximum Gasteiger partial charge on any atom is 0.293 e. The van der Waals surface area contributed by atoms with Gasteiger partial charge in [0.2, 0.25) is 0 Å². The fraction of sp³-hybridized carbons (Fsp3) is 0.188. The van der Waals surface area contributed by atoms with E-state index in [9.17, 15) is 14.9 Å². The molecule has 1 heterocycles. The summed E-state index contributed by atoms with van der Waals surface area (Å²) in [5.41, 5.74) is 4.25. The van der Waals surface area contributed by atoms with Crippen LogP contribution in [-0.2, 0) is 13.0 Å². The normalized spacial score (nSPS) is 13.3. The Morgan fingerprint density at radius 3 is 2.65 bits per heavy atom. The van der Waals surface area contributed by atoms with E-state index in [1.165, 1.54) is 23.2 Å². The van der Waals surface area contributed by atoms with Gasteiger partial charge < -0.3 is 4.90 Å². The molecule has 0 aliphatic carbocycles. The summed E-state index contributed by atoms with van der Waals surface area (Å²) in [5.74, 6) is -0.774. The van der Waals surface area contributed by atoms with Gasteiger partial charge in [-0.15, -0.1) is 0 Å². The van der Waals surface area contributed by atoms with Gasteiger partial charge in [-0.05, 0) is 29.7 Å². The van der Waals surface area contributed by atoms with Crippen molar-refractivity contribution < 1.29 is 14.9 Å². The molecule has 0 aromatic heterocycles. The summed E-state index contributed by atoms with van der Waals surface area (Å²) < 4.78 is 0. The first kappa shape index (κ1) is 15.0. The van der Waals surface area contributed by atoms with Gasteiger partial charge in [-0.1, -0.05) is 24.3 Å². The first-order valence-corrected chi connectivity index (χ1v) is 7.15. The first-order valence-electron chi connectivity index (χ1n) is 7.15. The lowest BCUT2D eigenvalue weighted by molar-refractivity contribution is -0.384. The number of nitro benzene ring substituents is 1. The second-order valence-electron chi connectivity index (χ2n) is 5.34. The van der Waals surface area contributed by atoms with Gasteiger partial charge in [0, 0.05) is 24.7 Å². The predicted molar refractivity (Wildman–Crippen MR) is 83.5 cm³/mol. The largest absolute Gasteiger partial charge is 0.361 e. The number of fused-ring (bicyclic) bond motifs is 1. The number of nitrogens with zero attached hydrogens (tertiary/aromatic N) is 2. The molecule has 0 spiro atoms. The minimum atomic E-state index is -0.774. The van der Waals surface area contributed by atoms with Gasteiger partial charge in [0.25, 0.3) is 11.6 Å². The molecule has 0 saturated carbocycles. The Morgan fingerprint density at radius 1 is 1.22 bits per heavy atom. The highest BCUT2D eigenvalue weighted by molar-refractivity contribution is 5.95. The number of anilines is 1. The van der Waals surface area contributed by atoms with Gasteiger partial charge >= 0.3 is 0 Å². The van der Waals surface area contributed by atoms with E-state index in [1.807, 2.05) is 23.1 Å². The molecule has 0 fully saturated rings. The maximum absolute atomic E-state index is 11.4. The van der Waals surface area contributed by atoms with Gasteiger partial charge in [-0.3, -0.25) is 20.1 Å². The van der Waals surface area contributed by atoms with Crippen LogP contribution in [0.5, 0.6) is 0 Å². The van der Waals surface area contributed by atoms with Crippen LogP contribution in [0.3, 0.4) is 0 Å². The molecule has 0 atom stereocenters. The van der Waals surface area contributed by atoms with E-state index in [1.54, 1.807) is 6.07 Å². The summed E-state index contributed by atoms with van der Waals surface area (Å²) in [6, 6.07) is 12.2. The molecule has 7 nitrogen and oxygen atoms in total. The van der Waals surface area contributed by atoms with Crippen molar-refractivity contribution in [2.75, 3.05) is 11.4 Å². The highest BCUT2D eigenvalue weighted by Gasteiger charge is 2.24. The van der Waals surface area contributed by atoms with Crippen molar-refractivity contribution in [2.24, 2.45) is 0 Å². The Balaban J connectivity index is 1.97. The number of amides is 1. The zero-order valence-electron chi connectivity index (χ0n) is 12.2. The SMILES string of the molecule is O=C(NO)c1ccc(N2CCc3ccccc3C2)c([N+](=O)[O-])c1. The molecule has 0 bridgehead atoms. The van der Waals surface area contributed by atoms with E-state index in [4.69, 9.17) is 5.21 Å². The molecule has 118 valence electrons. The smallest absolute Gasteiger partial charge is 0.293 e. The Labute approximate surface area is 132 Å². The van der Waals surface area contributed by atoms with Crippen molar-refractivity contribution in [1.29, 1.82) is 0 Å². The van der Waals surface area contributed by atoms with Crippen LogP contribution in [0.1, 0.15) is 21.5 Å². The fourth-order valence-electron chi connectivity index (χ4n) is 2.84. The average molecular weight is 313 g/mol. The van der Waals surface area contributed by atoms with Crippen molar-refractivity contribution >= 4 is 17.3 Å².